The first-order valence-electron chi connectivity index (χ1n) is 16.1. The van der Waals surface area contributed by atoms with Crippen molar-refractivity contribution >= 4 is 14.1 Å². The van der Waals surface area contributed by atoms with Gasteiger partial charge in [0.2, 0.25) is 0 Å². The quantitative estimate of drug-likeness (QED) is 0.191. The Labute approximate surface area is 224 Å². The number of carbonyl (C=O) groups excluding carboxylic acids is 1. The highest BCUT2D eigenvalue weighted by Gasteiger charge is 2.59. The minimum atomic E-state index is -1.67. The van der Waals surface area contributed by atoms with Gasteiger partial charge in [0.05, 0.1) is 0 Å². The molecule has 0 saturated heterocycles. The van der Waals surface area contributed by atoms with Crippen LogP contribution < -0.4 is 0 Å². The molecule has 4 rings (SSSR count). The zero-order valence-electron chi connectivity index (χ0n) is 24.8. The van der Waals surface area contributed by atoms with Crippen molar-refractivity contribution in [1.29, 1.82) is 0 Å². The van der Waals surface area contributed by atoms with Gasteiger partial charge in [0.1, 0.15) is 5.78 Å². The molecule has 7 atom stereocenters. The highest BCUT2D eigenvalue weighted by molar-refractivity contribution is 6.73. The molecule has 4 aliphatic rings. The minimum Gasteiger partial charge on any atom is -0.414 e. The van der Waals surface area contributed by atoms with Crippen LogP contribution in [0.3, 0.4) is 0 Å². The average Bonchev–Trinajstić information content (AvgIpc) is 3.22. The molecule has 0 heterocycles. The monoisotopic (exact) mass is 514 g/mol. The molecular formula is C33H58O2Si. The van der Waals surface area contributed by atoms with Gasteiger partial charge in [0, 0.05) is 12.0 Å². The van der Waals surface area contributed by atoms with Crippen molar-refractivity contribution in [1.82, 2.24) is 0 Å². The normalized spacial score (nSPS) is 38.2. The fourth-order valence-corrected chi connectivity index (χ4v) is 14.8. The summed E-state index contributed by atoms with van der Waals surface area (Å²) in [6, 6.07) is 4.16. The van der Waals surface area contributed by atoms with Crippen molar-refractivity contribution < 1.29 is 9.22 Å². The summed E-state index contributed by atoms with van der Waals surface area (Å²) in [6.45, 7) is 14.0. The van der Waals surface area contributed by atoms with Gasteiger partial charge in [-0.05, 0) is 105 Å². The van der Waals surface area contributed by atoms with Gasteiger partial charge in [-0.3, -0.25) is 4.79 Å². The van der Waals surface area contributed by atoms with E-state index in [1.54, 1.807) is 5.57 Å². The predicted molar refractivity (Wildman–Crippen MR) is 156 cm³/mol. The Bertz CT molecular complexity index is 767. The Hall–Kier alpha value is -0.413. The second kappa shape index (κ2) is 11.8. The summed E-state index contributed by atoms with van der Waals surface area (Å²) in [6.07, 6.45) is 21.2. The van der Waals surface area contributed by atoms with Crippen molar-refractivity contribution in [3.05, 3.63) is 11.6 Å². The van der Waals surface area contributed by atoms with E-state index in [-0.39, 0.29) is 5.41 Å². The molecule has 0 amide bonds. The largest absolute Gasteiger partial charge is 0.414 e. The van der Waals surface area contributed by atoms with Gasteiger partial charge in [-0.25, -0.2) is 0 Å². The van der Waals surface area contributed by atoms with Crippen molar-refractivity contribution in [2.75, 3.05) is 0 Å². The number of allylic oxidation sites excluding steroid dienone is 1. The van der Waals surface area contributed by atoms with E-state index in [0.29, 0.717) is 23.2 Å². The number of fused-ring (bicyclic) bond motifs is 5. The lowest BCUT2D eigenvalue weighted by atomic mass is 9.47. The maximum atomic E-state index is 12.5. The van der Waals surface area contributed by atoms with Crippen LogP contribution in [0.1, 0.15) is 131 Å². The van der Waals surface area contributed by atoms with Crippen LogP contribution in [0.5, 0.6) is 0 Å². The molecule has 0 aromatic carbocycles. The third kappa shape index (κ3) is 5.36. The summed E-state index contributed by atoms with van der Waals surface area (Å²) >= 11 is 0. The summed E-state index contributed by atoms with van der Waals surface area (Å²) in [5.74, 6) is 3.15. The Kier molecular flexibility index (Phi) is 9.34. The van der Waals surface area contributed by atoms with Gasteiger partial charge in [-0.15, -0.1) is 0 Å². The lowest BCUT2D eigenvalue weighted by molar-refractivity contribution is -0.127. The Morgan fingerprint density at radius 3 is 2.14 bits per heavy atom. The van der Waals surface area contributed by atoms with E-state index in [4.69, 9.17) is 4.43 Å². The summed E-state index contributed by atoms with van der Waals surface area (Å²) < 4.78 is 7.40. The van der Waals surface area contributed by atoms with Crippen LogP contribution in [-0.2, 0) is 9.22 Å². The second-order valence-electron chi connectivity index (χ2n) is 14.0. The van der Waals surface area contributed by atoms with Crippen LogP contribution in [0.25, 0.3) is 0 Å². The van der Waals surface area contributed by atoms with Crippen LogP contribution in [0.4, 0.5) is 0 Å². The van der Waals surface area contributed by atoms with Crippen molar-refractivity contribution in [2.24, 2.45) is 34.5 Å². The molecule has 4 aliphatic carbocycles. The molecule has 36 heavy (non-hydrogen) atoms. The highest BCUT2D eigenvalue weighted by atomic mass is 28.4. The van der Waals surface area contributed by atoms with Crippen molar-refractivity contribution in [2.45, 2.75) is 156 Å². The van der Waals surface area contributed by atoms with Gasteiger partial charge in [0.25, 0.3) is 0 Å². The van der Waals surface area contributed by atoms with E-state index in [1.165, 1.54) is 102 Å². The molecular weight excluding hydrogens is 456 g/mol. The maximum Gasteiger partial charge on any atom is 0.193 e. The maximum absolute atomic E-state index is 12.5. The van der Waals surface area contributed by atoms with E-state index < -0.39 is 8.32 Å². The lowest BCUT2D eigenvalue weighted by Gasteiger charge is -2.58. The topological polar surface area (TPSA) is 26.3 Å². The number of carbonyl (C=O) groups is 1. The molecule has 0 spiro atoms. The highest BCUT2D eigenvalue weighted by Crippen LogP contribution is 2.66. The molecule has 3 fully saturated rings. The van der Waals surface area contributed by atoms with Gasteiger partial charge >= 0.3 is 0 Å². The minimum absolute atomic E-state index is 0.262. The van der Waals surface area contributed by atoms with Gasteiger partial charge in [0.15, 0.2) is 8.32 Å². The molecule has 2 nitrogen and oxygen atoms in total. The van der Waals surface area contributed by atoms with Gasteiger partial charge in [-0.1, -0.05) is 84.8 Å². The van der Waals surface area contributed by atoms with E-state index in [0.717, 1.165) is 24.2 Å². The molecule has 3 saturated carbocycles. The first kappa shape index (κ1) is 28.6. The fourth-order valence-electron chi connectivity index (χ4n) is 9.80. The van der Waals surface area contributed by atoms with E-state index >= 15 is 0 Å². The Balaban J connectivity index is 1.50. The van der Waals surface area contributed by atoms with Gasteiger partial charge < -0.3 is 4.43 Å². The summed E-state index contributed by atoms with van der Waals surface area (Å²) in [7, 11) is -1.67. The second-order valence-corrected chi connectivity index (χ2v) is 18.1. The zero-order valence-corrected chi connectivity index (χ0v) is 25.8. The first-order valence-corrected chi connectivity index (χ1v) is 18.6. The standard InChI is InChI=1S/C33H58O2Si/c1-7-10-21-36(22-11-8-2,23-12-9-3)35-27-17-19-32(5)26(24-27)13-14-28-30-16-15-29(25(4)34)33(30,6)20-18-31(28)32/h13,27-31H,7-12,14-24H2,1-6H3/t27?,28-,29+,30-,31-,32-,33+/m0/s1. The molecule has 1 unspecified atom stereocenters. The van der Waals surface area contributed by atoms with E-state index in [9.17, 15) is 4.79 Å². The predicted octanol–water partition coefficient (Wildman–Crippen LogP) is 9.89. The zero-order chi connectivity index (χ0) is 26.0. The lowest BCUT2D eigenvalue weighted by Crippen LogP contribution is -2.52. The van der Waals surface area contributed by atoms with Crippen molar-refractivity contribution in [3.8, 4) is 0 Å². The molecule has 0 radical (unpaired) electrons. The van der Waals surface area contributed by atoms with Crippen LogP contribution in [-0.4, -0.2) is 20.2 Å². The Morgan fingerprint density at radius 2 is 1.56 bits per heavy atom. The number of Topliss-reactive ketones (excluding diaryl/α,β-unsaturated/α-hetero) is 1. The molecule has 0 N–H and O–H groups in total. The molecule has 0 aromatic heterocycles. The van der Waals surface area contributed by atoms with Gasteiger partial charge in [-0.2, -0.15) is 0 Å². The number of hydrogen-bond donors (Lipinski definition) is 0. The summed E-state index contributed by atoms with van der Waals surface area (Å²) in [5.41, 5.74) is 2.39. The fraction of sp³-hybridized carbons (Fsp3) is 0.909. The van der Waals surface area contributed by atoms with Crippen molar-refractivity contribution in [3.63, 3.8) is 0 Å². The smallest absolute Gasteiger partial charge is 0.193 e. The number of rotatable bonds is 12. The molecule has 3 heteroatoms. The van der Waals surface area contributed by atoms with Crippen LogP contribution in [0.15, 0.2) is 11.6 Å². The number of hydrogen-bond acceptors (Lipinski definition) is 2. The molecule has 0 aliphatic heterocycles. The molecule has 206 valence electrons. The Morgan fingerprint density at radius 1 is 0.917 bits per heavy atom. The number of unbranched alkanes of at least 4 members (excludes halogenated alkanes) is 3. The third-order valence-corrected chi connectivity index (χ3v) is 16.6. The van der Waals surface area contributed by atoms with E-state index in [2.05, 4.69) is 40.7 Å². The summed E-state index contributed by atoms with van der Waals surface area (Å²) in [4.78, 5) is 12.5. The van der Waals surface area contributed by atoms with Crippen LogP contribution in [0, 0.1) is 34.5 Å². The average molecular weight is 515 g/mol. The van der Waals surface area contributed by atoms with E-state index in [1.807, 2.05) is 6.92 Å². The molecule has 0 bridgehead atoms. The van der Waals surface area contributed by atoms with Crippen LogP contribution >= 0.6 is 0 Å². The summed E-state index contributed by atoms with van der Waals surface area (Å²) in [5, 5.41) is 0. The van der Waals surface area contributed by atoms with Crippen LogP contribution in [0.2, 0.25) is 18.1 Å². The first-order chi connectivity index (χ1) is 17.2. The SMILES string of the molecule is CCCC[Si](CCCC)(CCCC)OC1CC[C@@]2(C)C(=CC[C@H]3[C@@H]4CC[C@H](C(C)=O)[C@@]4(C)CC[C@@H]32)C1. The molecule has 0 aromatic rings. The third-order valence-electron chi connectivity index (χ3n) is 11.9. The number of ketones is 1.